The van der Waals surface area contributed by atoms with Gasteiger partial charge in [-0.1, -0.05) is 6.07 Å². The van der Waals surface area contributed by atoms with Crippen molar-refractivity contribution < 1.29 is 23.1 Å². The number of aryl methyl sites for hydroxylation is 1. The maximum Gasteiger partial charge on any atom is 0.335 e. The zero-order valence-electron chi connectivity index (χ0n) is 14.0. The molecule has 128 valence electrons. The number of sulfonamides is 1. The molecule has 1 fully saturated rings. The largest absolute Gasteiger partial charge is 0.478 e. The van der Waals surface area contributed by atoms with E-state index in [9.17, 15) is 13.2 Å². The van der Waals surface area contributed by atoms with Gasteiger partial charge in [-0.2, -0.15) is 0 Å². The number of hydrogen-bond donors (Lipinski definition) is 2. The van der Waals surface area contributed by atoms with E-state index in [1.807, 2.05) is 27.7 Å². The molecule has 0 aromatic heterocycles. The molecule has 1 heterocycles. The molecule has 1 aromatic carbocycles. The molecule has 0 bridgehead atoms. The fraction of sp³-hybridized carbons (Fsp3) is 0.562. The van der Waals surface area contributed by atoms with E-state index in [1.54, 1.807) is 6.92 Å². The Morgan fingerprint density at radius 3 is 2.39 bits per heavy atom. The number of nitrogens with one attached hydrogen (secondary N) is 1. The Bertz CT molecular complexity index is 737. The van der Waals surface area contributed by atoms with Gasteiger partial charge in [0.05, 0.1) is 27.7 Å². The van der Waals surface area contributed by atoms with Crippen LogP contribution in [0, 0.1) is 6.92 Å². The molecule has 0 radical (unpaired) electrons. The average molecular weight is 341 g/mol. The molecule has 0 spiro atoms. The molecule has 2 rings (SSSR count). The predicted octanol–water partition coefficient (Wildman–Crippen LogP) is 2.32. The third kappa shape index (κ3) is 3.73. The average Bonchev–Trinajstić information content (AvgIpc) is 2.56. The molecule has 0 aliphatic carbocycles. The topological polar surface area (TPSA) is 92.7 Å². The number of ether oxygens (including phenoxy) is 1. The first kappa shape index (κ1) is 17.9. The Balaban J connectivity index is 2.33. The van der Waals surface area contributed by atoms with Crippen molar-refractivity contribution in [3.63, 3.8) is 0 Å². The van der Waals surface area contributed by atoms with Crippen molar-refractivity contribution in [1.82, 2.24) is 4.72 Å². The molecule has 7 heteroatoms. The van der Waals surface area contributed by atoms with Gasteiger partial charge in [-0.15, -0.1) is 0 Å². The van der Waals surface area contributed by atoms with E-state index in [1.165, 1.54) is 18.2 Å². The van der Waals surface area contributed by atoms with E-state index in [0.29, 0.717) is 12.0 Å². The van der Waals surface area contributed by atoms with Gasteiger partial charge in [-0.25, -0.2) is 17.9 Å². The van der Waals surface area contributed by atoms with Crippen LogP contribution in [0.5, 0.6) is 0 Å². The fourth-order valence-electron chi connectivity index (χ4n) is 3.00. The van der Waals surface area contributed by atoms with Crippen LogP contribution in [0.3, 0.4) is 0 Å². The molecular weight excluding hydrogens is 318 g/mol. The van der Waals surface area contributed by atoms with Crippen LogP contribution in [0.2, 0.25) is 0 Å². The number of carboxylic acids is 1. The third-order valence-electron chi connectivity index (χ3n) is 4.12. The van der Waals surface area contributed by atoms with Gasteiger partial charge in [0.1, 0.15) is 0 Å². The number of carboxylic acid groups (broad SMARTS) is 1. The van der Waals surface area contributed by atoms with E-state index < -0.39 is 33.2 Å². The molecule has 1 aliphatic rings. The third-order valence-corrected chi connectivity index (χ3v) is 5.59. The molecule has 1 saturated heterocycles. The lowest BCUT2D eigenvalue weighted by Crippen LogP contribution is -2.46. The highest BCUT2D eigenvalue weighted by atomic mass is 32.2. The Morgan fingerprint density at radius 2 is 1.91 bits per heavy atom. The highest BCUT2D eigenvalue weighted by molar-refractivity contribution is 7.89. The molecule has 23 heavy (non-hydrogen) atoms. The highest BCUT2D eigenvalue weighted by Gasteiger charge is 2.47. The summed E-state index contributed by atoms with van der Waals surface area (Å²) < 4.78 is 33.8. The van der Waals surface area contributed by atoms with Crippen LogP contribution in [-0.2, 0) is 14.8 Å². The Morgan fingerprint density at radius 1 is 1.30 bits per heavy atom. The first-order valence-corrected chi connectivity index (χ1v) is 8.89. The van der Waals surface area contributed by atoms with Crippen LogP contribution < -0.4 is 4.72 Å². The number of rotatable bonds is 4. The summed E-state index contributed by atoms with van der Waals surface area (Å²) in [6.45, 7) is 9.14. The summed E-state index contributed by atoms with van der Waals surface area (Å²) in [5.41, 5.74) is -0.565. The SMILES string of the molecule is Cc1ccc(S(=O)(=O)NC2CC(C)(C)OC2(C)C)cc1C(=O)O. The normalized spacial score (nSPS) is 22.9. The van der Waals surface area contributed by atoms with Crippen molar-refractivity contribution in [1.29, 1.82) is 0 Å². The van der Waals surface area contributed by atoms with Gasteiger partial charge in [0, 0.05) is 0 Å². The Kier molecular flexibility index (Phi) is 4.34. The van der Waals surface area contributed by atoms with Gasteiger partial charge in [0.15, 0.2) is 0 Å². The summed E-state index contributed by atoms with van der Waals surface area (Å²) >= 11 is 0. The second kappa shape index (κ2) is 5.58. The van der Waals surface area contributed by atoms with Crippen molar-refractivity contribution in [3.8, 4) is 0 Å². The van der Waals surface area contributed by atoms with Crippen LogP contribution >= 0.6 is 0 Å². The van der Waals surface area contributed by atoms with Crippen molar-refractivity contribution in [3.05, 3.63) is 29.3 Å². The van der Waals surface area contributed by atoms with E-state index in [2.05, 4.69) is 4.72 Å². The second-order valence-electron chi connectivity index (χ2n) is 7.13. The smallest absolute Gasteiger partial charge is 0.335 e. The lowest BCUT2D eigenvalue weighted by molar-refractivity contribution is -0.0684. The van der Waals surface area contributed by atoms with E-state index >= 15 is 0 Å². The van der Waals surface area contributed by atoms with E-state index in [-0.39, 0.29) is 10.5 Å². The second-order valence-corrected chi connectivity index (χ2v) is 8.84. The molecule has 6 nitrogen and oxygen atoms in total. The van der Waals surface area contributed by atoms with Gasteiger partial charge in [-0.3, -0.25) is 0 Å². The lowest BCUT2D eigenvalue weighted by Gasteiger charge is -2.27. The first-order valence-electron chi connectivity index (χ1n) is 7.40. The quantitative estimate of drug-likeness (QED) is 0.877. The van der Waals surface area contributed by atoms with Gasteiger partial charge in [-0.05, 0) is 58.7 Å². The summed E-state index contributed by atoms with van der Waals surface area (Å²) in [4.78, 5) is 11.1. The van der Waals surface area contributed by atoms with Crippen LogP contribution in [0.1, 0.15) is 50.0 Å². The standard InChI is InChI=1S/C16H23NO5S/c1-10-6-7-11(8-12(10)14(18)19)23(20,21)17-13-9-15(2,3)22-16(13,4)5/h6-8,13,17H,9H2,1-5H3,(H,18,19). The number of aromatic carboxylic acids is 1. The molecule has 1 aromatic rings. The van der Waals surface area contributed by atoms with Crippen LogP contribution in [0.25, 0.3) is 0 Å². The number of hydrogen-bond acceptors (Lipinski definition) is 4. The molecule has 0 amide bonds. The Hall–Kier alpha value is -1.44. The van der Waals surface area contributed by atoms with Crippen LogP contribution in [0.4, 0.5) is 0 Å². The molecule has 1 aliphatic heterocycles. The molecule has 1 atom stereocenters. The zero-order chi connectivity index (χ0) is 17.6. The summed E-state index contributed by atoms with van der Waals surface area (Å²) in [6, 6.07) is 3.71. The van der Waals surface area contributed by atoms with Gasteiger partial charge in [0.25, 0.3) is 0 Å². The van der Waals surface area contributed by atoms with Crippen molar-refractivity contribution in [2.75, 3.05) is 0 Å². The van der Waals surface area contributed by atoms with Crippen molar-refractivity contribution in [2.45, 2.75) is 63.2 Å². The lowest BCUT2D eigenvalue weighted by atomic mass is 9.96. The summed E-state index contributed by atoms with van der Waals surface area (Å²) in [7, 11) is -3.83. The van der Waals surface area contributed by atoms with Gasteiger partial charge in [0.2, 0.25) is 10.0 Å². The predicted molar refractivity (Wildman–Crippen MR) is 86.1 cm³/mol. The molecule has 1 unspecified atom stereocenters. The van der Waals surface area contributed by atoms with Gasteiger partial charge < -0.3 is 9.84 Å². The van der Waals surface area contributed by atoms with E-state index in [4.69, 9.17) is 9.84 Å². The summed E-state index contributed by atoms with van der Waals surface area (Å²) in [6.07, 6.45) is 0.539. The van der Waals surface area contributed by atoms with Crippen molar-refractivity contribution >= 4 is 16.0 Å². The van der Waals surface area contributed by atoms with Crippen LogP contribution in [-0.4, -0.2) is 36.7 Å². The first-order chi connectivity index (χ1) is 10.3. The maximum atomic E-state index is 12.6. The molecule has 2 N–H and O–H groups in total. The number of carbonyl (C=O) groups is 1. The van der Waals surface area contributed by atoms with Gasteiger partial charge >= 0.3 is 5.97 Å². The number of benzene rings is 1. The van der Waals surface area contributed by atoms with E-state index in [0.717, 1.165) is 0 Å². The summed E-state index contributed by atoms with van der Waals surface area (Å²) in [5, 5.41) is 9.16. The zero-order valence-corrected chi connectivity index (χ0v) is 14.8. The minimum atomic E-state index is -3.83. The summed E-state index contributed by atoms with van der Waals surface area (Å²) in [5.74, 6) is -1.15. The Labute approximate surface area is 136 Å². The highest BCUT2D eigenvalue weighted by Crippen LogP contribution is 2.37. The molecular formula is C16H23NO5S. The molecule has 0 saturated carbocycles. The minimum absolute atomic E-state index is 0.0184. The van der Waals surface area contributed by atoms with Crippen molar-refractivity contribution in [2.24, 2.45) is 0 Å². The maximum absolute atomic E-state index is 12.6. The van der Waals surface area contributed by atoms with Crippen LogP contribution in [0.15, 0.2) is 23.1 Å². The monoisotopic (exact) mass is 341 g/mol. The fourth-order valence-corrected chi connectivity index (χ4v) is 4.40. The minimum Gasteiger partial charge on any atom is -0.478 e.